The van der Waals surface area contributed by atoms with Crippen LogP contribution in [0.15, 0.2) is 19.9 Å². The van der Waals surface area contributed by atoms with E-state index in [2.05, 4.69) is 32.4 Å². The number of hydrogen-bond acceptors (Lipinski definition) is 8. The van der Waals surface area contributed by atoms with Gasteiger partial charge < -0.3 is 5.32 Å². The predicted octanol–water partition coefficient (Wildman–Crippen LogP) is 3.33. The number of hydrogen-bond donors (Lipinski definition) is 1. The van der Waals surface area contributed by atoms with Crippen LogP contribution in [0.25, 0.3) is 0 Å². The summed E-state index contributed by atoms with van der Waals surface area (Å²) in [4.78, 5) is 8.78. The Kier molecular flexibility index (Phi) is 5.41. The van der Waals surface area contributed by atoms with Gasteiger partial charge in [-0.15, -0.1) is 10.2 Å². The minimum atomic E-state index is 0.671. The lowest BCUT2D eigenvalue weighted by atomic mass is 10.4. The Morgan fingerprint density at radius 2 is 2.11 bits per heavy atom. The lowest BCUT2D eigenvalue weighted by Gasteiger charge is -2.06. The second-order valence-electron chi connectivity index (χ2n) is 3.75. The summed E-state index contributed by atoms with van der Waals surface area (Å²) in [5, 5.41) is 12.3. The molecule has 19 heavy (non-hydrogen) atoms. The van der Waals surface area contributed by atoms with E-state index in [1.54, 1.807) is 23.1 Å². The monoisotopic (exact) mass is 313 g/mol. The number of thioether (sulfide) groups is 1. The Hall–Kier alpha value is -0.860. The number of aromatic nitrogens is 4. The molecule has 0 aliphatic heterocycles. The zero-order chi connectivity index (χ0) is 13.7. The summed E-state index contributed by atoms with van der Waals surface area (Å²) in [5.74, 6) is 0.671. The fourth-order valence-electron chi connectivity index (χ4n) is 1.26. The maximum atomic E-state index is 4.51. The van der Waals surface area contributed by atoms with Crippen molar-refractivity contribution in [1.29, 1.82) is 0 Å². The van der Waals surface area contributed by atoms with E-state index >= 15 is 0 Å². The lowest BCUT2D eigenvalue weighted by Crippen LogP contribution is -2.05. The lowest BCUT2D eigenvalue weighted by molar-refractivity contribution is 0.921. The average molecular weight is 313 g/mol. The van der Waals surface area contributed by atoms with E-state index in [1.165, 1.54) is 11.8 Å². The molecule has 0 radical (unpaired) electrons. The summed E-state index contributed by atoms with van der Waals surface area (Å²) in [6, 6.07) is 0. The van der Waals surface area contributed by atoms with Crippen molar-refractivity contribution in [3.05, 3.63) is 11.8 Å². The Labute approximate surface area is 125 Å². The number of aryl methyl sites for hydroxylation is 1. The van der Waals surface area contributed by atoms with Crippen LogP contribution in [-0.2, 0) is 0 Å². The molecule has 0 spiro atoms. The zero-order valence-electron chi connectivity index (χ0n) is 11.0. The molecule has 1 N–H and O–H groups in total. The molecule has 0 fully saturated rings. The third-order valence-corrected chi connectivity index (χ3v) is 5.26. The smallest absolute Gasteiger partial charge is 0.223 e. The number of rotatable bonds is 6. The average Bonchev–Trinajstić information content (AvgIpc) is 2.87. The number of anilines is 1. The van der Waals surface area contributed by atoms with Gasteiger partial charge in [0.05, 0.1) is 0 Å². The molecule has 2 aromatic heterocycles. The normalized spacial score (nSPS) is 10.7. The Morgan fingerprint density at radius 3 is 2.79 bits per heavy atom. The van der Waals surface area contributed by atoms with Crippen LogP contribution < -0.4 is 5.32 Å². The highest BCUT2D eigenvalue weighted by atomic mass is 32.2. The number of nitrogens with one attached hydrogen (secondary N) is 1. The summed E-state index contributed by atoms with van der Waals surface area (Å²) >= 11 is 4.73. The molecule has 102 valence electrons. The van der Waals surface area contributed by atoms with Crippen molar-refractivity contribution in [2.24, 2.45) is 0 Å². The standard InChI is InChI=1S/C11H15N5S3/c1-4-5-12-9-13-6-7(2)8(14-9)18-11-16-15-10(17-3)19-11/h6H,4-5H2,1-3H3,(H,12,13,14). The van der Waals surface area contributed by atoms with E-state index in [-0.39, 0.29) is 0 Å². The summed E-state index contributed by atoms with van der Waals surface area (Å²) in [7, 11) is 0. The fourth-order valence-corrected chi connectivity index (χ4v) is 3.65. The summed E-state index contributed by atoms with van der Waals surface area (Å²) < 4.78 is 1.88. The van der Waals surface area contributed by atoms with Crippen molar-refractivity contribution < 1.29 is 0 Å². The molecule has 0 bridgehead atoms. The molecule has 0 atom stereocenters. The Bertz CT molecular complexity index is 543. The molecule has 0 saturated heterocycles. The third-order valence-electron chi connectivity index (χ3n) is 2.20. The minimum Gasteiger partial charge on any atom is -0.354 e. The molecule has 5 nitrogen and oxygen atoms in total. The van der Waals surface area contributed by atoms with Gasteiger partial charge in [-0.05, 0) is 31.4 Å². The minimum absolute atomic E-state index is 0.671. The highest BCUT2D eigenvalue weighted by Gasteiger charge is 2.10. The first-order valence-electron chi connectivity index (χ1n) is 5.85. The van der Waals surface area contributed by atoms with Gasteiger partial charge in [-0.2, -0.15) is 0 Å². The molecular weight excluding hydrogens is 298 g/mol. The largest absolute Gasteiger partial charge is 0.354 e. The fraction of sp³-hybridized carbons (Fsp3) is 0.455. The van der Waals surface area contributed by atoms with Gasteiger partial charge in [-0.1, -0.05) is 30.0 Å². The Balaban J connectivity index is 2.13. The van der Waals surface area contributed by atoms with Crippen molar-refractivity contribution in [3.63, 3.8) is 0 Å². The van der Waals surface area contributed by atoms with Crippen LogP contribution in [0, 0.1) is 6.92 Å². The van der Waals surface area contributed by atoms with Crippen LogP contribution in [0.3, 0.4) is 0 Å². The maximum absolute atomic E-state index is 4.51. The van der Waals surface area contributed by atoms with E-state index in [0.717, 1.165) is 32.2 Å². The van der Waals surface area contributed by atoms with Crippen LogP contribution in [0.4, 0.5) is 5.95 Å². The second-order valence-corrected chi connectivity index (χ2v) is 7.02. The SMILES string of the molecule is CCCNc1ncc(C)c(Sc2nnc(SC)s2)n1. The molecule has 0 aromatic carbocycles. The van der Waals surface area contributed by atoms with Crippen molar-refractivity contribution in [2.45, 2.75) is 34.0 Å². The van der Waals surface area contributed by atoms with E-state index in [0.29, 0.717) is 5.95 Å². The zero-order valence-corrected chi connectivity index (χ0v) is 13.5. The van der Waals surface area contributed by atoms with Crippen molar-refractivity contribution in [3.8, 4) is 0 Å². The van der Waals surface area contributed by atoms with Crippen LogP contribution >= 0.6 is 34.9 Å². The van der Waals surface area contributed by atoms with Gasteiger partial charge in [0.1, 0.15) is 5.03 Å². The van der Waals surface area contributed by atoms with Crippen LogP contribution in [0.2, 0.25) is 0 Å². The van der Waals surface area contributed by atoms with E-state index in [9.17, 15) is 0 Å². The number of nitrogens with zero attached hydrogens (tertiary/aromatic N) is 4. The molecular formula is C11H15N5S3. The summed E-state index contributed by atoms with van der Waals surface area (Å²) in [5.41, 5.74) is 1.05. The van der Waals surface area contributed by atoms with Crippen molar-refractivity contribution >= 4 is 40.8 Å². The highest BCUT2D eigenvalue weighted by molar-refractivity contribution is 8.03. The topological polar surface area (TPSA) is 63.6 Å². The molecule has 2 heterocycles. The van der Waals surface area contributed by atoms with Gasteiger partial charge in [0, 0.05) is 18.3 Å². The molecule has 0 saturated carbocycles. The highest BCUT2D eigenvalue weighted by Crippen LogP contribution is 2.33. The van der Waals surface area contributed by atoms with Gasteiger partial charge >= 0.3 is 0 Å². The summed E-state index contributed by atoms with van der Waals surface area (Å²) in [6.45, 7) is 4.99. The van der Waals surface area contributed by atoms with E-state index < -0.39 is 0 Å². The molecule has 0 amide bonds. The maximum Gasteiger partial charge on any atom is 0.223 e. The van der Waals surface area contributed by atoms with Gasteiger partial charge in [0.25, 0.3) is 0 Å². The summed E-state index contributed by atoms with van der Waals surface area (Å²) in [6.07, 6.45) is 4.88. The Morgan fingerprint density at radius 1 is 1.32 bits per heavy atom. The van der Waals surface area contributed by atoms with Gasteiger partial charge in [-0.3, -0.25) is 0 Å². The van der Waals surface area contributed by atoms with Crippen molar-refractivity contribution in [2.75, 3.05) is 18.1 Å². The van der Waals surface area contributed by atoms with Crippen LogP contribution in [-0.4, -0.2) is 33.0 Å². The van der Waals surface area contributed by atoms with Crippen LogP contribution in [0.1, 0.15) is 18.9 Å². The van der Waals surface area contributed by atoms with Crippen molar-refractivity contribution in [1.82, 2.24) is 20.2 Å². The molecule has 0 aliphatic rings. The second kappa shape index (κ2) is 7.06. The quantitative estimate of drug-likeness (QED) is 0.648. The first-order chi connectivity index (χ1) is 9.22. The first-order valence-corrected chi connectivity index (χ1v) is 8.71. The van der Waals surface area contributed by atoms with Crippen LogP contribution in [0.5, 0.6) is 0 Å². The molecule has 2 rings (SSSR count). The van der Waals surface area contributed by atoms with E-state index in [1.807, 2.05) is 19.4 Å². The van der Waals surface area contributed by atoms with E-state index in [4.69, 9.17) is 0 Å². The third kappa shape index (κ3) is 4.05. The molecule has 0 unspecified atom stereocenters. The molecule has 2 aromatic rings. The van der Waals surface area contributed by atoms with Gasteiger partial charge in [0.2, 0.25) is 5.95 Å². The van der Waals surface area contributed by atoms with Gasteiger partial charge in [0.15, 0.2) is 8.68 Å². The molecule has 0 aliphatic carbocycles. The van der Waals surface area contributed by atoms with Gasteiger partial charge in [-0.25, -0.2) is 9.97 Å². The first kappa shape index (κ1) is 14.5. The molecule has 8 heteroatoms. The predicted molar refractivity (Wildman–Crippen MR) is 81.4 cm³/mol.